The first-order valence-corrected chi connectivity index (χ1v) is 11.3. The quantitative estimate of drug-likeness (QED) is 0.344. The second-order valence-corrected chi connectivity index (χ2v) is 7.98. The first-order chi connectivity index (χ1) is 16.4. The van der Waals surface area contributed by atoms with Crippen LogP contribution in [0.2, 0.25) is 0 Å². The number of carboxylic acid groups (broad SMARTS) is 1. The molecule has 0 unspecified atom stereocenters. The normalized spacial score (nSPS) is 12.4. The van der Waals surface area contributed by atoms with Crippen molar-refractivity contribution in [3.63, 3.8) is 0 Å². The number of carbonyl (C=O) groups is 3. The Kier molecular flexibility index (Phi) is 8.60. The van der Waals surface area contributed by atoms with Gasteiger partial charge < -0.3 is 26.2 Å². The number of carbonyl (C=O) groups excluding carboxylic acids is 2. The molecule has 34 heavy (non-hydrogen) atoms. The van der Waals surface area contributed by atoms with Gasteiger partial charge in [0.1, 0.15) is 11.6 Å². The zero-order valence-corrected chi connectivity index (χ0v) is 19.2. The maximum atomic E-state index is 12.5. The molecule has 11 heteroatoms. The van der Waals surface area contributed by atoms with Gasteiger partial charge in [0.25, 0.3) is 0 Å². The van der Waals surface area contributed by atoms with Gasteiger partial charge >= 0.3 is 18.0 Å². The standard InChI is InChI=1S/C23H30N6O5/c1-2-3-11-34-23-27-20(24)17-14-18(30)29(21(17)28-23)10-5-4-9-25-22(33)26-16-8-6-7-15(12-16)13-19(31)32/h6-8,12H,2-5,9-11,13-14H2,1H3,(H,31,32)(H2,24,27,28)(H2,25,26,33). The molecule has 11 nitrogen and oxygen atoms in total. The van der Waals surface area contributed by atoms with Crippen molar-refractivity contribution in [3.8, 4) is 6.01 Å². The van der Waals surface area contributed by atoms with Crippen molar-refractivity contribution in [3.05, 3.63) is 35.4 Å². The third kappa shape index (κ3) is 6.80. The molecule has 1 aliphatic heterocycles. The number of aromatic nitrogens is 2. The summed E-state index contributed by atoms with van der Waals surface area (Å²) in [5, 5.41) is 14.3. The molecule has 3 rings (SSSR count). The summed E-state index contributed by atoms with van der Waals surface area (Å²) < 4.78 is 5.56. The molecule has 1 aliphatic rings. The summed E-state index contributed by atoms with van der Waals surface area (Å²) in [5.41, 5.74) is 7.75. The molecule has 0 saturated heterocycles. The van der Waals surface area contributed by atoms with Crippen LogP contribution < -0.4 is 26.0 Å². The molecule has 3 amide bonds. The van der Waals surface area contributed by atoms with E-state index in [0.717, 1.165) is 12.8 Å². The number of ether oxygens (including phenoxy) is 1. The summed E-state index contributed by atoms with van der Waals surface area (Å²) in [4.78, 5) is 45.6. The van der Waals surface area contributed by atoms with Crippen molar-refractivity contribution in [1.82, 2.24) is 15.3 Å². The molecule has 1 aromatic carbocycles. The Bertz CT molecular complexity index is 1040. The van der Waals surface area contributed by atoms with Crippen LogP contribution in [0, 0.1) is 0 Å². The van der Waals surface area contributed by atoms with Gasteiger partial charge in [0.15, 0.2) is 0 Å². The monoisotopic (exact) mass is 470 g/mol. The number of nitrogens with zero attached hydrogens (tertiary/aromatic N) is 3. The van der Waals surface area contributed by atoms with E-state index in [2.05, 4.69) is 27.5 Å². The fourth-order valence-corrected chi connectivity index (χ4v) is 3.53. The Balaban J connectivity index is 1.45. The number of aliphatic carboxylic acids is 1. The van der Waals surface area contributed by atoms with Crippen molar-refractivity contribution in [2.45, 2.75) is 45.4 Å². The minimum Gasteiger partial charge on any atom is -0.481 e. The number of nitrogens with two attached hydrogens (primary N) is 1. The number of unbranched alkanes of at least 4 members (excludes halogenated alkanes) is 2. The van der Waals surface area contributed by atoms with E-state index in [1.165, 1.54) is 0 Å². The Morgan fingerprint density at radius 2 is 2.06 bits per heavy atom. The predicted octanol–water partition coefficient (Wildman–Crippen LogP) is 2.36. The Morgan fingerprint density at radius 3 is 2.82 bits per heavy atom. The lowest BCUT2D eigenvalue weighted by Crippen LogP contribution is -2.31. The summed E-state index contributed by atoms with van der Waals surface area (Å²) >= 11 is 0. The van der Waals surface area contributed by atoms with Crippen LogP contribution in [0.5, 0.6) is 6.01 Å². The number of nitrogens with one attached hydrogen (secondary N) is 2. The Hall–Kier alpha value is -3.89. The molecule has 1 aromatic heterocycles. The Morgan fingerprint density at radius 1 is 1.24 bits per heavy atom. The van der Waals surface area contributed by atoms with Crippen molar-refractivity contribution < 1.29 is 24.2 Å². The van der Waals surface area contributed by atoms with E-state index in [1.54, 1.807) is 29.2 Å². The van der Waals surface area contributed by atoms with Crippen LogP contribution >= 0.6 is 0 Å². The van der Waals surface area contributed by atoms with Crippen molar-refractivity contribution >= 4 is 35.2 Å². The average Bonchev–Trinajstić information content (AvgIpc) is 3.09. The molecule has 2 heterocycles. The lowest BCUT2D eigenvalue weighted by atomic mass is 10.1. The molecule has 0 radical (unpaired) electrons. The first-order valence-electron chi connectivity index (χ1n) is 11.3. The van der Waals surface area contributed by atoms with E-state index in [1.807, 2.05) is 0 Å². The van der Waals surface area contributed by atoms with Crippen molar-refractivity contribution in [2.75, 3.05) is 35.6 Å². The highest BCUT2D eigenvalue weighted by molar-refractivity contribution is 6.01. The van der Waals surface area contributed by atoms with Crippen LogP contribution in [0.4, 0.5) is 22.1 Å². The molecule has 0 fully saturated rings. The number of carboxylic acids is 1. The van der Waals surface area contributed by atoms with Gasteiger partial charge in [-0.1, -0.05) is 25.5 Å². The number of amides is 3. The highest BCUT2D eigenvalue weighted by atomic mass is 16.5. The number of nitrogen functional groups attached to an aromatic ring is 1. The summed E-state index contributed by atoms with van der Waals surface area (Å²) in [6, 6.07) is 6.48. The minimum absolute atomic E-state index is 0.0892. The largest absolute Gasteiger partial charge is 0.481 e. The molecular weight excluding hydrogens is 440 g/mol. The molecule has 0 bridgehead atoms. The van der Waals surface area contributed by atoms with Crippen LogP contribution in [-0.2, 0) is 22.4 Å². The highest BCUT2D eigenvalue weighted by Crippen LogP contribution is 2.32. The lowest BCUT2D eigenvalue weighted by molar-refractivity contribution is -0.136. The number of hydrogen-bond donors (Lipinski definition) is 4. The van der Waals surface area contributed by atoms with Crippen LogP contribution in [0.25, 0.3) is 0 Å². The van der Waals surface area contributed by atoms with Crippen LogP contribution in [0.1, 0.15) is 43.7 Å². The molecule has 0 atom stereocenters. The van der Waals surface area contributed by atoms with E-state index < -0.39 is 5.97 Å². The molecule has 0 saturated carbocycles. The van der Waals surface area contributed by atoms with E-state index in [4.69, 9.17) is 15.6 Å². The number of urea groups is 1. The Labute approximate surface area is 197 Å². The van der Waals surface area contributed by atoms with Gasteiger partial charge in [-0.15, -0.1) is 0 Å². The predicted molar refractivity (Wildman–Crippen MR) is 127 cm³/mol. The minimum atomic E-state index is -0.935. The van der Waals surface area contributed by atoms with E-state index in [0.29, 0.717) is 55.2 Å². The van der Waals surface area contributed by atoms with E-state index >= 15 is 0 Å². The van der Waals surface area contributed by atoms with Gasteiger partial charge in [-0.05, 0) is 37.0 Å². The van der Waals surface area contributed by atoms with Crippen LogP contribution in [0.15, 0.2) is 24.3 Å². The molecule has 182 valence electrons. The third-order valence-corrected chi connectivity index (χ3v) is 5.24. The smallest absolute Gasteiger partial charge is 0.320 e. The summed E-state index contributed by atoms with van der Waals surface area (Å²) in [6.45, 7) is 3.39. The van der Waals surface area contributed by atoms with Gasteiger partial charge in [0.05, 0.1) is 19.4 Å². The second kappa shape index (κ2) is 11.8. The number of anilines is 3. The van der Waals surface area contributed by atoms with Crippen molar-refractivity contribution in [1.29, 1.82) is 0 Å². The third-order valence-electron chi connectivity index (χ3n) is 5.24. The van der Waals surface area contributed by atoms with Crippen molar-refractivity contribution in [2.24, 2.45) is 0 Å². The van der Waals surface area contributed by atoms with Gasteiger partial charge in [0.2, 0.25) is 5.91 Å². The topological polar surface area (TPSA) is 160 Å². The fourth-order valence-electron chi connectivity index (χ4n) is 3.53. The van der Waals surface area contributed by atoms with Crippen LogP contribution in [0.3, 0.4) is 0 Å². The summed E-state index contributed by atoms with van der Waals surface area (Å²) in [6.07, 6.45) is 3.20. The molecular formula is C23H30N6O5. The summed E-state index contributed by atoms with van der Waals surface area (Å²) in [5.74, 6) is -0.266. The highest BCUT2D eigenvalue weighted by Gasteiger charge is 2.31. The zero-order valence-electron chi connectivity index (χ0n) is 19.2. The molecule has 2 aromatic rings. The lowest BCUT2D eigenvalue weighted by Gasteiger charge is -2.17. The molecule has 0 aliphatic carbocycles. The maximum absolute atomic E-state index is 12.5. The van der Waals surface area contributed by atoms with E-state index in [-0.39, 0.29) is 36.6 Å². The van der Waals surface area contributed by atoms with E-state index in [9.17, 15) is 14.4 Å². The number of benzene rings is 1. The zero-order chi connectivity index (χ0) is 24.5. The maximum Gasteiger partial charge on any atom is 0.320 e. The number of rotatable bonds is 12. The number of fused-ring (bicyclic) bond motifs is 1. The van der Waals surface area contributed by atoms with Gasteiger partial charge in [-0.2, -0.15) is 9.97 Å². The molecule has 5 N–H and O–H groups in total. The van der Waals surface area contributed by atoms with Gasteiger partial charge in [0, 0.05) is 24.3 Å². The number of hydrogen-bond acceptors (Lipinski definition) is 7. The van der Waals surface area contributed by atoms with Gasteiger partial charge in [-0.3, -0.25) is 14.5 Å². The first kappa shape index (κ1) is 24.7. The van der Waals surface area contributed by atoms with Crippen LogP contribution in [-0.4, -0.2) is 52.7 Å². The summed E-state index contributed by atoms with van der Waals surface area (Å²) in [7, 11) is 0. The average molecular weight is 471 g/mol. The fraction of sp³-hybridized carbons (Fsp3) is 0.435. The second-order valence-electron chi connectivity index (χ2n) is 7.98. The van der Waals surface area contributed by atoms with Gasteiger partial charge in [-0.25, -0.2) is 4.79 Å². The molecule has 0 spiro atoms. The SMILES string of the molecule is CCCCOc1nc(N)c2c(n1)N(CCCCNC(=O)Nc1cccc(CC(=O)O)c1)C(=O)C2.